The van der Waals surface area contributed by atoms with Crippen LogP contribution in [-0.4, -0.2) is 36.1 Å². The first-order chi connectivity index (χ1) is 8.15. The maximum atomic E-state index is 12.7. The first kappa shape index (κ1) is 12.3. The Hall–Kier alpha value is -1.16. The van der Waals surface area contributed by atoms with E-state index in [2.05, 4.69) is 29.2 Å². The van der Waals surface area contributed by atoms with Crippen molar-refractivity contribution in [3.63, 3.8) is 0 Å². The number of hydrogen-bond acceptors (Lipinski definition) is 3. The lowest BCUT2D eigenvalue weighted by Gasteiger charge is -2.33. The Morgan fingerprint density at radius 1 is 1.41 bits per heavy atom. The number of likely N-dealkylation sites (tertiary alicyclic amines) is 1. The number of hydrogen-bond donors (Lipinski definition) is 1. The van der Waals surface area contributed by atoms with Gasteiger partial charge in [0, 0.05) is 6.04 Å². The Morgan fingerprint density at radius 3 is 2.71 bits per heavy atom. The second kappa shape index (κ2) is 5.45. The highest BCUT2D eigenvalue weighted by molar-refractivity contribution is 5.40. The third-order valence-electron chi connectivity index (χ3n) is 3.59. The molecule has 1 fully saturated rings. The van der Waals surface area contributed by atoms with Crippen LogP contribution in [0, 0.1) is 11.9 Å². The largest absolute Gasteiger partial charge is 0.381 e. The van der Waals surface area contributed by atoms with Crippen molar-refractivity contribution in [2.24, 2.45) is 5.92 Å². The van der Waals surface area contributed by atoms with Gasteiger partial charge in [0.2, 0.25) is 5.95 Å². The molecular formula is C13H20FN3. The van der Waals surface area contributed by atoms with E-state index < -0.39 is 5.95 Å². The summed E-state index contributed by atoms with van der Waals surface area (Å²) in [6, 6.07) is 3.55. The molecule has 1 aromatic heterocycles. The number of aromatic nitrogens is 1. The van der Waals surface area contributed by atoms with Gasteiger partial charge in [-0.2, -0.15) is 4.39 Å². The van der Waals surface area contributed by atoms with E-state index in [0.29, 0.717) is 12.0 Å². The fourth-order valence-corrected chi connectivity index (χ4v) is 2.37. The van der Waals surface area contributed by atoms with E-state index in [9.17, 15) is 4.39 Å². The van der Waals surface area contributed by atoms with Crippen molar-refractivity contribution < 1.29 is 4.39 Å². The molecule has 1 aliphatic heterocycles. The maximum absolute atomic E-state index is 12.7. The zero-order chi connectivity index (χ0) is 12.3. The minimum absolute atomic E-state index is 0.413. The maximum Gasteiger partial charge on any atom is 0.212 e. The summed E-state index contributed by atoms with van der Waals surface area (Å²) in [5.41, 5.74) is 0.901. The molecule has 3 nitrogen and oxygen atoms in total. The summed E-state index contributed by atoms with van der Waals surface area (Å²) in [6.07, 6.45) is 4.00. The van der Waals surface area contributed by atoms with Crippen LogP contribution in [0.1, 0.15) is 19.8 Å². The first-order valence-electron chi connectivity index (χ1n) is 6.22. The highest BCUT2D eigenvalue weighted by atomic mass is 19.1. The number of pyridine rings is 1. The average Bonchev–Trinajstić information content (AvgIpc) is 2.33. The highest BCUT2D eigenvalue weighted by Crippen LogP contribution is 2.22. The van der Waals surface area contributed by atoms with Crippen molar-refractivity contribution in [2.75, 3.05) is 25.5 Å². The van der Waals surface area contributed by atoms with Crippen LogP contribution in [0.25, 0.3) is 0 Å². The van der Waals surface area contributed by atoms with Gasteiger partial charge in [-0.05, 0) is 58.0 Å². The number of piperidine rings is 1. The first-order valence-corrected chi connectivity index (χ1v) is 6.22. The van der Waals surface area contributed by atoms with Gasteiger partial charge in [-0.1, -0.05) is 0 Å². The summed E-state index contributed by atoms with van der Waals surface area (Å²) in [6.45, 7) is 4.52. The topological polar surface area (TPSA) is 28.2 Å². The summed E-state index contributed by atoms with van der Waals surface area (Å²) in [5, 5.41) is 3.41. The van der Waals surface area contributed by atoms with Crippen LogP contribution in [-0.2, 0) is 0 Å². The van der Waals surface area contributed by atoms with Gasteiger partial charge in [0.25, 0.3) is 0 Å². The van der Waals surface area contributed by atoms with E-state index in [1.165, 1.54) is 32.0 Å². The molecule has 1 unspecified atom stereocenters. The normalized spacial score (nSPS) is 20.2. The fraction of sp³-hybridized carbons (Fsp3) is 0.615. The lowest BCUT2D eigenvalue weighted by atomic mass is 9.90. The molecule has 0 radical (unpaired) electrons. The van der Waals surface area contributed by atoms with Crippen LogP contribution in [0.3, 0.4) is 0 Å². The highest BCUT2D eigenvalue weighted by Gasteiger charge is 2.22. The van der Waals surface area contributed by atoms with Gasteiger partial charge in [-0.15, -0.1) is 0 Å². The molecular weight excluding hydrogens is 217 g/mol. The molecule has 0 bridgehead atoms. The van der Waals surface area contributed by atoms with Crippen LogP contribution in [0.2, 0.25) is 0 Å². The predicted octanol–water partition coefficient (Wildman–Crippen LogP) is 2.36. The minimum atomic E-state index is -0.428. The number of rotatable bonds is 3. The Morgan fingerprint density at radius 2 is 2.12 bits per heavy atom. The zero-order valence-electron chi connectivity index (χ0n) is 10.5. The smallest absolute Gasteiger partial charge is 0.212 e. The number of nitrogens with one attached hydrogen (secondary N) is 1. The summed E-state index contributed by atoms with van der Waals surface area (Å²) in [7, 11) is 2.16. The Kier molecular flexibility index (Phi) is 3.94. The lowest BCUT2D eigenvalue weighted by Crippen LogP contribution is -2.37. The summed E-state index contributed by atoms with van der Waals surface area (Å²) < 4.78 is 12.7. The molecule has 0 spiro atoms. The quantitative estimate of drug-likeness (QED) is 0.818. The van der Waals surface area contributed by atoms with Gasteiger partial charge in [0.15, 0.2) is 0 Å². The SMILES string of the molecule is CC(Nc1ccc(F)nc1)C1CCN(C)CC1. The van der Waals surface area contributed by atoms with Crippen molar-refractivity contribution in [2.45, 2.75) is 25.8 Å². The Labute approximate surface area is 102 Å². The van der Waals surface area contributed by atoms with Crippen molar-refractivity contribution in [1.82, 2.24) is 9.88 Å². The van der Waals surface area contributed by atoms with Crippen molar-refractivity contribution in [1.29, 1.82) is 0 Å². The van der Waals surface area contributed by atoms with Gasteiger partial charge in [0.1, 0.15) is 0 Å². The molecule has 0 aromatic carbocycles. The monoisotopic (exact) mass is 237 g/mol. The van der Waals surface area contributed by atoms with Gasteiger partial charge in [-0.3, -0.25) is 0 Å². The van der Waals surface area contributed by atoms with Crippen molar-refractivity contribution >= 4 is 5.69 Å². The molecule has 0 saturated carbocycles. The summed E-state index contributed by atoms with van der Waals surface area (Å²) >= 11 is 0. The molecule has 1 atom stereocenters. The van der Waals surface area contributed by atoms with Gasteiger partial charge in [-0.25, -0.2) is 4.98 Å². The van der Waals surface area contributed by atoms with Crippen LogP contribution in [0.15, 0.2) is 18.3 Å². The van der Waals surface area contributed by atoms with Crippen LogP contribution in [0.4, 0.5) is 10.1 Å². The number of nitrogens with zero attached hydrogens (tertiary/aromatic N) is 2. The molecule has 2 rings (SSSR count). The predicted molar refractivity (Wildman–Crippen MR) is 67.5 cm³/mol. The molecule has 1 N–H and O–H groups in total. The van der Waals surface area contributed by atoms with Gasteiger partial charge in [0.05, 0.1) is 11.9 Å². The second-order valence-electron chi connectivity index (χ2n) is 4.94. The van der Waals surface area contributed by atoms with Gasteiger partial charge >= 0.3 is 0 Å². The fourth-order valence-electron chi connectivity index (χ4n) is 2.37. The standard InChI is InChI=1S/C13H20FN3/c1-10(11-5-7-17(2)8-6-11)16-12-3-4-13(14)15-9-12/h3-4,9-11,16H,5-8H2,1-2H3. The molecule has 2 heterocycles. The molecule has 0 aliphatic carbocycles. The van der Waals surface area contributed by atoms with E-state index in [0.717, 1.165) is 5.69 Å². The second-order valence-corrected chi connectivity index (χ2v) is 4.94. The molecule has 4 heteroatoms. The van der Waals surface area contributed by atoms with Crippen LogP contribution >= 0.6 is 0 Å². The van der Waals surface area contributed by atoms with Gasteiger partial charge < -0.3 is 10.2 Å². The number of halogens is 1. The number of anilines is 1. The van der Waals surface area contributed by atoms with Crippen molar-refractivity contribution in [3.05, 3.63) is 24.3 Å². The summed E-state index contributed by atoms with van der Waals surface area (Å²) in [5.74, 6) is 0.263. The average molecular weight is 237 g/mol. The van der Waals surface area contributed by atoms with E-state index in [-0.39, 0.29) is 0 Å². The van der Waals surface area contributed by atoms with E-state index >= 15 is 0 Å². The van der Waals surface area contributed by atoms with E-state index in [1.807, 2.05) is 0 Å². The molecule has 1 saturated heterocycles. The van der Waals surface area contributed by atoms with Crippen molar-refractivity contribution in [3.8, 4) is 0 Å². The van der Waals surface area contributed by atoms with Crippen LogP contribution in [0.5, 0.6) is 0 Å². The van der Waals surface area contributed by atoms with E-state index in [1.54, 1.807) is 12.3 Å². The molecule has 17 heavy (non-hydrogen) atoms. The molecule has 1 aliphatic rings. The third kappa shape index (κ3) is 3.40. The molecule has 0 amide bonds. The zero-order valence-corrected chi connectivity index (χ0v) is 10.5. The summed E-state index contributed by atoms with van der Waals surface area (Å²) in [4.78, 5) is 6.02. The third-order valence-corrected chi connectivity index (χ3v) is 3.59. The Balaban J connectivity index is 1.88. The Bertz CT molecular complexity index is 344. The minimum Gasteiger partial charge on any atom is -0.381 e. The lowest BCUT2D eigenvalue weighted by molar-refractivity contribution is 0.208. The van der Waals surface area contributed by atoms with E-state index in [4.69, 9.17) is 0 Å². The van der Waals surface area contributed by atoms with Crippen LogP contribution < -0.4 is 5.32 Å². The molecule has 94 valence electrons. The molecule has 1 aromatic rings.